The van der Waals surface area contributed by atoms with Gasteiger partial charge in [-0.1, -0.05) is 12.5 Å². The molecule has 1 saturated heterocycles. The third-order valence-electron chi connectivity index (χ3n) is 4.06. The van der Waals surface area contributed by atoms with E-state index in [9.17, 15) is 17.2 Å². The normalized spacial score (nSPS) is 16.1. The molecule has 2 heterocycles. The third kappa shape index (κ3) is 4.05. The van der Waals surface area contributed by atoms with Gasteiger partial charge in [-0.05, 0) is 37.1 Å². The number of nitrogens with one attached hydrogen (secondary N) is 1. The molecule has 6 nitrogen and oxygen atoms in total. The zero-order valence-corrected chi connectivity index (χ0v) is 14.7. The van der Waals surface area contributed by atoms with E-state index in [1.54, 1.807) is 0 Å². The van der Waals surface area contributed by atoms with E-state index in [2.05, 4.69) is 15.5 Å². The molecule has 0 amide bonds. The minimum Gasteiger partial charge on any atom is -0.261 e. The number of hydrogen-bond donors (Lipinski definition) is 1. The molecular weight excluding hydrogens is 362 g/mol. The molecule has 26 heavy (non-hydrogen) atoms. The van der Waals surface area contributed by atoms with Crippen LogP contribution in [0.3, 0.4) is 0 Å². The highest BCUT2D eigenvalue weighted by atomic mass is 32.2. The molecule has 1 N–H and O–H groups in total. The van der Waals surface area contributed by atoms with Crippen molar-refractivity contribution in [3.8, 4) is 0 Å². The van der Waals surface area contributed by atoms with Gasteiger partial charge in [0.15, 0.2) is 0 Å². The highest BCUT2D eigenvalue weighted by molar-refractivity contribution is 7.89. The Bertz CT molecular complexity index is 875. The van der Waals surface area contributed by atoms with Crippen LogP contribution in [0, 0.1) is 11.6 Å². The number of rotatable bonds is 5. The van der Waals surface area contributed by atoms with E-state index in [1.165, 1.54) is 28.7 Å². The fourth-order valence-electron chi connectivity index (χ4n) is 2.65. The van der Waals surface area contributed by atoms with Crippen molar-refractivity contribution in [1.82, 2.24) is 9.29 Å². The van der Waals surface area contributed by atoms with Crippen molar-refractivity contribution in [1.29, 1.82) is 0 Å². The Morgan fingerprint density at radius 3 is 2.38 bits per heavy atom. The average molecular weight is 380 g/mol. The second-order valence-corrected chi connectivity index (χ2v) is 7.79. The predicted octanol–water partition coefficient (Wildman–Crippen LogP) is 2.98. The molecule has 3 rings (SSSR count). The Hall–Kier alpha value is -2.39. The molecule has 0 bridgehead atoms. The van der Waals surface area contributed by atoms with Crippen LogP contribution in [0.5, 0.6) is 0 Å². The molecule has 1 fully saturated rings. The summed E-state index contributed by atoms with van der Waals surface area (Å²) in [7, 11) is -3.55. The van der Waals surface area contributed by atoms with Crippen molar-refractivity contribution >= 4 is 22.1 Å². The van der Waals surface area contributed by atoms with Crippen LogP contribution in [-0.2, 0) is 10.0 Å². The minimum absolute atomic E-state index is 0.106. The van der Waals surface area contributed by atoms with E-state index in [0.29, 0.717) is 13.1 Å². The van der Waals surface area contributed by atoms with Crippen molar-refractivity contribution < 1.29 is 17.2 Å². The molecule has 9 heteroatoms. The molecule has 1 aliphatic heterocycles. The zero-order valence-electron chi connectivity index (χ0n) is 13.9. The number of anilines is 1. The van der Waals surface area contributed by atoms with Crippen LogP contribution < -0.4 is 5.43 Å². The lowest BCUT2D eigenvalue weighted by Crippen LogP contribution is -2.35. The lowest BCUT2D eigenvalue weighted by atomic mass is 10.2. The second-order valence-electron chi connectivity index (χ2n) is 5.85. The van der Waals surface area contributed by atoms with Gasteiger partial charge in [0.25, 0.3) is 0 Å². The van der Waals surface area contributed by atoms with E-state index in [-0.39, 0.29) is 16.3 Å². The van der Waals surface area contributed by atoms with Crippen molar-refractivity contribution in [2.75, 3.05) is 18.5 Å². The number of halogens is 2. The summed E-state index contributed by atoms with van der Waals surface area (Å²) in [5.41, 5.74) is 2.25. The van der Waals surface area contributed by atoms with Crippen LogP contribution in [0.1, 0.15) is 24.8 Å². The summed E-state index contributed by atoms with van der Waals surface area (Å²) < 4.78 is 53.5. The molecule has 0 spiro atoms. The quantitative estimate of drug-likeness (QED) is 0.639. The highest BCUT2D eigenvalue weighted by Crippen LogP contribution is 2.20. The highest BCUT2D eigenvalue weighted by Gasteiger charge is 2.26. The molecule has 1 aliphatic rings. The number of pyridine rings is 1. The van der Waals surface area contributed by atoms with Gasteiger partial charge in [0.05, 0.1) is 11.8 Å². The van der Waals surface area contributed by atoms with Gasteiger partial charge in [0.1, 0.15) is 22.3 Å². The Kier molecular flexibility index (Phi) is 5.58. The van der Waals surface area contributed by atoms with Gasteiger partial charge in [0.2, 0.25) is 10.0 Å². The van der Waals surface area contributed by atoms with Gasteiger partial charge in [-0.3, -0.25) is 5.43 Å². The second kappa shape index (κ2) is 7.88. The minimum atomic E-state index is -3.55. The van der Waals surface area contributed by atoms with Crippen LogP contribution in [0.15, 0.2) is 46.5 Å². The summed E-state index contributed by atoms with van der Waals surface area (Å²) in [4.78, 5) is 4.10. The topological polar surface area (TPSA) is 74.7 Å². The lowest BCUT2D eigenvalue weighted by molar-refractivity contribution is 0.346. The number of nitrogens with zero attached hydrogens (tertiary/aromatic N) is 3. The maximum absolute atomic E-state index is 13.5. The Morgan fingerprint density at radius 2 is 1.77 bits per heavy atom. The molecule has 2 aromatic rings. The third-order valence-corrected chi connectivity index (χ3v) is 5.94. The zero-order chi connectivity index (χ0) is 18.6. The Labute approximate surface area is 150 Å². The van der Waals surface area contributed by atoms with Crippen molar-refractivity contribution in [2.24, 2.45) is 5.10 Å². The number of benzene rings is 1. The van der Waals surface area contributed by atoms with Gasteiger partial charge in [-0.2, -0.15) is 9.41 Å². The van der Waals surface area contributed by atoms with E-state index in [4.69, 9.17) is 0 Å². The number of piperidine rings is 1. The van der Waals surface area contributed by atoms with Gasteiger partial charge in [-0.25, -0.2) is 22.2 Å². The number of hydrogen-bond acceptors (Lipinski definition) is 5. The fourth-order valence-corrected chi connectivity index (χ4v) is 4.11. The molecule has 1 aromatic carbocycles. The van der Waals surface area contributed by atoms with Gasteiger partial charge in [-0.15, -0.1) is 0 Å². The lowest BCUT2D eigenvalue weighted by Gasteiger charge is -2.25. The van der Waals surface area contributed by atoms with Gasteiger partial charge >= 0.3 is 0 Å². The molecule has 0 radical (unpaired) electrons. The largest absolute Gasteiger partial charge is 0.261 e. The van der Waals surface area contributed by atoms with Crippen LogP contribution in [0.2, 0.25) is 0 Å². The number of aromatic nitrogens is 1. The van der Waals surface area contributed by atoms with Crippen molar-refractivity contribution in [3.05, 3.63) is 53.7 Å². The van der Waals surface area contributed by atoms with E-state index >= 15 is 0 Å². The SMILES string of the molecule is O=S(=O)(c1ccc(N/N=C/c2c(F)cccc2F)nc1)N1CCCCC1. The predicted molar refractivity (Wildman–Crippen MR) is 94.4 cm³/mol. The van der Waals surface area contributed by atoms with E-state index < -0.39 is 21.7 Å². The van der Waals surface area contributed by atoms with Gasteiger partial charge in [0, 0.05) is 19.3 Å². The van der Waals surface area contributed by atoms with Gasteiger partial charge < -0.3 is 0 Å². The molecule has 0 unspecified atom stereocenters. The molecular formula is C17H18F2N4O2S. The summed E-state index contributed by atoms with van der Waals surface area (Å²) >= 11 is 0. The smallest absolute Gasteiger partial charge is 0.244 e. The maximum atomic E-state index is 13.5. The summed E-state index contributed by atoms with van der Waals surface area (Å²) in [5.74, 6) is -1.20. The summed E-state index contributed by atoms with van der Waals surface area (Å²) in [6.45, 7) is 1.03. The molecule has 0 atom stereocenters. The maximum Gasteiger partial charge on any atom is 0.244 e. The van der Waals surface area contributed by atoms with E-state index in [0.717, 1.165) is 37.6 Å². The molecule has 1 aromatic heterocycles. The summed E-state index contributed by atoms with van der Waals surface area (Å²) in [6.07, 6.45) is 4.99. The van der Waals surface area contributed by atoms with Crippen LogP contribution >= 0.6 is 0 Å². The number of hydrazone groups is 1. The Morgan fingerprint density at radius 1 is 1.08 bits per heavy atom. The van der Waals surface area contributed by atoms with Crippen LogP contribution in [0.25, 0.3) is 0 Å². The van der Waals surface area contributed by atoms with Crippen LogP contribution in [0.4, 0.5) is 14.6 Å². The molecule has 0 aliphatic carbocycles. The summed E-state index contributed by atoms with van der Waals surface area (Å²) in [5, 5.41) is 3.74. The van der Waals surface area contributed by atoms with E-state index in [1.807, 2.05) is 0 Å². The van der Waals surface area contributed by atoms with Crippen LogP contribution in [-0.4, -0.2) is 37.0 Å². The molecule has 138 valence electrons. The average Bonchev–Trinajstić information content (AvgIpc) is 2.65. The molecule has 0 saturated carbocycles. The standard InChI is InChI=1S/C17H18F2N4O2S/c18-15-5-4-6-16(19)14(15)12-21-22-17-8-7-13(11-20-17)26(24,25)23-9-2-1-3-10-23/h4-8,11-12H,1-3,9-10H2,(H,20,22)/b21-12+. The summed E-state index contributed by atoms with van der Waals surface area (Å²) in [6, 6.07) is 6.40. The van der Waals surface area contributed by atoms with Crippen molar-refractivity contribution in [3.63, 3.8) is 0 Å². The van der Waals surface area contributed by atoms with Crippen molar-refractivity contribution in [2.45, 2.75) is 24.2 Å². The fraction of sp³-hybridized carbons (Fsp3) is 0.294. The first-order valence-electron chi connectivity index (χ1n) is 8.18. The first kappa shape index (κ1) is 18.4. The monoisotopic (exact) mass is 380 g/mol. The first-order chi connectivity index (χ1) is 12.5. The first-order valence-corrected chi connectivity index (χ1v) is 9.62. The number of sulfonamides is 1. The Balaban J connectivity index is 1.69.